The predicted molar refractivity (Wildman–Crippen MR) is 116 cm³/mol. The summed E-state index contributed by atoms with van der Waals surface area (Å²) in [6, 6.07) is 11.5. The molecule has 0 saturated heterocycles. The van der Waals surface area contributed by atoms with Gasteiger partial charge in [0.2, 0.25) is 0 Å². The van der Waals surface area contributed by atoms with Gasteiger partial charge in [-0.2, -0.15) is 8.42 Å². The number of hydrogen-bond donors (Lipinski definition) is 2. The zero-order chi connectivity index (χ0) is 22.3. The van der Waals surface area contributed by atoms with Crippen molar-refractivity contribution in [3.63, 3.8) is 0 Å². The van der Waals surface area contributed by atoms with Gasteiger partial charge in [-0.25, -0.2) is 4.98 Å². The highest BCUT2D eigenvalue weighted by molar-refractivity contribution is 7.85. The van der Waals surface area contributed by atoms with Crippen molar-refractivity contribution < 1.29 is 17.9 Å². The van der Waals surface area contributed by atoms with E-state index in [1.54, 1.807) is 24.4 Å². The highest BCUT2D eigenvalue weighted by Crippen LogP contribution is 2.28. The van der Waals surface area contributed by atoms with Gasteiger partial charge in [0.1, 0.15) is 5.82 Å². The van der Waals surface area contributed by atoms with Gasteiger partial charge in [-0.3, -0.25) is 23.9 Å². The number of nitrogens with zero attached hydrogens (tertiary/aromatic N) is 3. The number of benzene rings is 2. The molecule has 2 aromatic carbocycles. The molecule has 10 nitrogen and oxygen atoms in total. The fourth-order valence-corrected chi connectivity index (χ4v) is 4.72. The van der Waals surface area contributed by atoms with Crippen LogP contribution in [0.25, 0.3) is 16.2 Å². The van der Waals surface area contributed by atoms with Crippen molar-refractivity contribution in [1.82, 2.24) is 9.38 Å². The Balaban J connectivity index is 1.75. The first-order valence-electron chi connectivity index (χ1n) is 8.75. The summed E-state index contributed by atoms with van der Waals surface area (Å²) in [6.07, 6.45) is 0. The maximum absolute atomic E-state index is 12.8. The number of nitrogens with one attached hydrogen (secondary N) is 1. The molecule has 0 amide bonds. The van der Waals surface area contributed by atoms with E-state index in [-0.39, 0.29) is 16.4 Å². The second-order valence-electron chi connectivity index (χ2n) is 6.61. The Morgan fingerprint density at radius 2 is 1.97 bits per heavy atom. The first kappa shape index (κ1) is 20.7. The minimum Gasteiger partial charge on any atom is -0.340 e. The van der Waals surface area contributed by atoms with Gasteiger partial charge in [0.15, 0.2) is 4.96 Å². The lowest BCUT2D eigenvalue weighted by Gasteiger charge is -2.09. The number of aryl methyl sites for hydroxylation is 1. The van der Waals surface area contributed by atoms with Crippen LogP contribution in [0.2, 0.25) is 0 Å². The van der Waals surface area contributed by atoms with E-state index in [2.05, 4.69) is 10.3 Å². The topological polar surface area (TPSA) is 144 Å². The van der Waals surface area contributed by atoms with Gasteiger partial charge in [-0.1, -0.05) is 18.2 Å². The van der Waals surface area contributed by atoms with Crippen LogP contribution >= 0.6 is 11.3 Å². The molecule has 0 spiro atoms. The van der Waals surface area contributed by atoms with Crippen LogP contribution in [0.5, 0.6) is 0 Å². The molecule has 0 aliphatic rings. The average Bonchev–Trinajstić information content (AvgIpc) is 3.13. The second-order valence-corrected chi connectivity index (χ2v) is 8.83. The van der Waals surface area contributed by atoms with Gasteiger partial charge >= 0.3 is 0 Å². The standard InChI is InChI=1S/C19H14N4O6S2/c1-11-5-6-13(8-16(11)31(27,28)29)20-17-9-18(24)22-15(10-30-19(22)21-17)12-3-2-4-14(7-12)23(25)26/h2-10,20H,1H3,(H,27,28,29). The van der Waals surface area contributed by atoms with Gasteiger partial charge in [0, 0.05) is 34.8 Å². The van der Waals surface area contributed by atoms with Gasteiger partial charge in [0.05, 0.1) is 15.5 Å². The van der Waals surface area contributed by atoms with Crippen molar-refractivity contribution >= 4 is 43.6 Å². The minimum atomic E-state index is -4.40. The normalized spacial score (nSPS) is 11.5. The van der Waals surface area contributed by atoms with Gasteiger partial charge in [0.25, 0.3) is 21.4 Å². The summed E-state index contributed by atoms with van der Waals surface area (Å²) in [4.78, 5) is 27.8. The molecule has 158 valence electrons. The molecule has 31 heavy (non-hydrogen) atoms. The van der Waals surface area contributed by atoms with E-state index in [0.717, 1.165) is 0 Å². The molecule has 2 aromatic heterocycles. The first-order valence-corrected chi connectivity index (χ1v) is 11.1. The lowest BCUT2D eigenvalue weighted by Crippen LogP contribution is -2.14. The summed E-state index contributed by atoms with van der Waals surface area (Å²) in [6.45, 7) is 1.55. The Labute approximate surface area is 179 Å². The van der Waals surface area contributed by atoms with Crippen molar-refractivity contribution in [2.24, 2.45) is 0 Å². The summed E-state index contributed by atoms with van der Waals surface area (Å²) in [5.41, 5.74) is 1.15. The zero-order valence-electron chi connectivity index (χ0n) is 15.8. The molecule has 12 heteroatoms. The second kappa shape index (κ2) is 7.58. The summed E-state index contributed by atoms with van der Waals surface area (Å²) in [5, 5.41) is 15.6. The number of rotatable bonds is 5. The van der Waals surface area contributed by atoms with E-state index in [0.29, 0.717) is 27.5 Å². The quantitative estimate of drug-likeness (QED) is 0.262. The Morgan fingerprint density at radius 1 is 1.19 bits per heavy atom. The molecular weight excluding hydrogens is 444 g/mol. The smallest absolute Gasteiger partial charge is 0.294 e. The summed E-state index contributed by atoms with van der Waals surface area (Å²) >= 11 is 1.18. The van der Waals surface area contributed by atoms with Crippen LogP contribution in [0.3, 0.4) is 0 Å². The van der Waals surface area contributed by atoms with Crippen molar-refractivity contribution in [2.75, 3.05) is 5.32 Å². The van der Waals surface area contributed by atoms with Crippen LogP contribution in [0.4, 0.5) is 17.2 Å². The molecule has 0 atom stereocenters. The Bertz CT molecular complexity index is 1510. The van der Waals surface area contributed by atoms with Crippen LogP contribution < -0.4 is 10.9 Å². The number of nitro groups is 1. The molecule has 0 saturated carbocycles. The predicted octanol–water partition coefficient (Wildman–Crippen LogP) is 3.63. The van der Waals surface area contributed by atoms with Crippen LogP contribution in [0.1, 0.15) is 5.56 Å². The highest BCUT2D eigenvalue weighted by Gasteiger charge is 2.16. The lowest BCUT2D eigenvalue weighted by molar-refractivity contribution is -0.384. The number of non-ortho nitro benzene ring substituents is 1. The first-order chi connectivity index (χ1) is 14.6. The molecule has 0 radical (unpaired) electrons. The fourth-order valence-electron chi connectivity index (χ4n) is 3.07. The van der Waals surface area contributed by atoms with E-state index >= 15 is 0 Å². The molecule has 0 fully saturated rings. The fraction of sp³-hybridized carbons (Fsp3) is 0.0526. The van der Waals surface area contributed by atoms with Gasteiger partial charge in [-0.05, 0) is 24.6 Å². The SMILES string of the molecule is Cc1ccc(Nc2cc(=O)n3c(-c4cccc([N+](=O)[O-])c4)csc3n2)cc1S(=O)(=O)O. The molecule has 0 unspecified atom stereocenters. The van der Waals surface area contributed by atoms with Crippen molar-refractivity contribution in [1.29, 1.82) is 0 Å². The van der Waals surface area contributed by atoms with Crippen molar-refractivity contribution in [2.45, 2.75) is 11.8 Å². The van der Waals surface area contributed by atoms with E-state index in [1.807, 2.05) is 0 Å². The molecule has 4 rings (SSSR count). The monoisotopic (exact) mass is 458 g/mol. The molecule has 0 aliphatic carbocycles. The van der Waals surface area contributed by atoms with Crippen molar-refractivity contribution in [3.8, 4) is 11.3 Å². The summed E-state index contributed by atoms with van der Waals surface area (Å²) < 4.78 is 33.7. The van der Waals surface area contributed by atoms with Crippen LogP contribution in [0.15, 0.2) is 63.6 Å². The molecule has 2 N–H and O–H groups in total. The molecule has 2 heterocycles. The molecule has 0 bridgehead atoms. The van der Waals surface area contributed by atoms with Crippen molar-refractivity contribution in [3.05, 3.63) is 79.9 Å². The molecular formula is C19H14N4O6S2. The number of fused-ring (bicyclic) bond motifs is 1. The number of anilines is 2. The molecule has 0 aliphatic heterocycles. The Hall–Kier alpha value is -3.61. The Kier molecular flexibility index (Phi) is 5.05. The van der Waals surface area contributed by atoms with E-state index in [1.165, 1.54) is 52.1 Å². The number of aromatic nitrogens is 2. The molecule has 4 aromatic rings. The maximum atomic E-state index is 12.8. The van der Waals surface area contributed by atoms with Crippen LogP contribution in [-0.2, 0) is 10.1 Å². The average molecular weight is 458 g/mol. The third-order valence-corrected chi connectivity index (χ3v) is 6.32. The minimum absolute atomic E-state index is 0.0924. The Morgan fingerprint density at radius 3 is 2.68 bits per heavy atom. The highest BCUT2D eigenvalue weighted by atomic mass is 32.2. The lowest BCUT2D eigenvalue weighted by atomic mass is 10.1. The number of thiazole rings is 1. The van der Waals surface area contributed by atoms with Crippen LogP contribution in [0, 0.1) is 17.0 Å². The van der Waals surface area contributed by atoms with Crippen LogP contribution in [-0.4, -0.2) is 27.3 Å². The van der Waals surface area contributed by atoms with Gasteiger partial charge < -0.3 is 5.32 Å². The van der Waals surface area contributed by atoms with E-state index in [9.17, 15) is 27.9 Å². The summed E-state index contributed by atoms with van der Waals surface area (Å²) in [7, 11) is -4.40. The summed E-state index contributed by atoms with van der Waals surface area (Å²) in [5.74, 6) is 0.183. The third-order valence-electron chi connectivity index (χ3n) is 4.50. The largest absolute Gasteiger partial charge is 0.340 e. The third kappa shape index (κ3) is 4.03. The number of nitro benzene ring substituents is 1. The zero-order valence-corrected chi connectivity index (χ0v) is 17.5. The number of hydrogen-bond acceptors (Lipinski definition) is 8. The van der Waals surface area contributed by atoms with E-state index < -0.39 is 20.6 Å². The van der Waals surface area contributed by atoms with E-state index in [4.69, 9.17) is 0 Å². The van der Waals surface area contributed by atoms with Gasteiger partial charge in [-0.15, -0.1) is 11.3 Å². The maximum Gasteiger partial charge on any atom is 0.294 e.